The first-order chi connectivity index (χ1) is 17.5. The molecule has 0 spiro atoms. The topological polar surface area (TPSA) is 81.0 Å². The standard InChI is InChI=1S/C26H27F2N7O/c1-15-4-3-5-19(27)21(15)24-22(28)23-18(12-30-24)25(35-13-16-6-7-17(14-35)31-16)33-26(32-23)36-11-8-20-29-9-10-34(20)2/h3-5,9-10,12,16-17,31H,6-8,11,13-14H2,1-2H3. The molecule has 2 unspecified atom stereocenters. The van der Waals surface area contributed by atoms with Crippen LogP contribution >= 0.6 is 0 Å². The molecule has 6 rings (SSSR count). The molecule has 1 aromatic carbocycles. The van der Waals surface area contributed by atoms with Crippen LogP contribution in [-0.2, 0) is 13.5 Å². The number of halogens is 2. The van der Waals surface area contributed by atoms with E-state index in [9.17, 15) is 4.39 Å². The SMILES string of the molecule is Cc1cccc(F)c1-c1ncc2c(N3CC4CCC(C3)N4)nc(OCCc3nccn3C)nc2c1F. The predicted molar refractivity (Wildman–Crippen MR) is 132 cm³/mol. The molecule has 8 nitrogen and oxygen atoms in total. The van der Waals surface area contributed by atoms with Gasteiger partial charge in [-0.1, -0.05) is 12.1 Å². The summed E-state index contributed by atoms with van der Waals surface area (Å²) in [6.07, 6.45) is 7.90. The summed E-state index contributed by atoms with van der Waals surface area (Å²) in [6.45, 7) is 3.53. The van der Waals surface area contributed by atoms with Crippen molar-refractivity contribution in [3.05, 3.63) is 59.8 Å². The average Bonchev–Trinajstić information content (AvgIpc) is 3.43. The lowest BCUT2D eigenvalue weighted by atomic mass is 10.0. The van der Waals surface area contributed by atoms with Crippen molar-refractivity contribution in [2.45, 2.75) is 38.3 Å². The Morgan fingerprint density at radius 1 is 1.11 bits per heavy atom. The summed E-state index contributed by atoms with van der Waals surface area (Å²) in [4.78, 5) is 19.9. The van der Waals surface area contributed by atoms with Crippen molar-refractivity contribution in [3.63, 3.8) is 0 Å². The van der Waals surface area contributed by atoms with Crippen LogP contribution in [0.2, 0.25) is 0 Å². The number of nitrogens with zero attached hydrogens (tertiary/aromatic N) is 6. The zero-order chi connectivity index (χ0) is 24.8. The number of ether oxygens (including phenoxy) is 1. The average molecular weight is 492 g/mol. The maximum absolute atomic E-state index is 16.0. The summed E-state index contributed by atoms with van der Waals surface area (Å²) in [6, 6.07) is 5.44. The van der Waals surface area contributed by atoms with Gasteiger partial charge < -0.3 is 19.5 Å². The first kappa shape index (κ1) is 22.8. The molecule has 36 heavy (non-hydrogen) atoms. The molecule has 0 amide bonds. The Bertz CT molecular complexity index is 1410. The van der Waals surface area contributed by atoms with Crippen LogP contribution in [0.5, 0.6) is 6.01 Å². The molecular weight excluding hydrogens is 464 g/mol. The minimum Gasteiger partial charge on any atom is -0.463 e. The predicted octanol–water partition coefficient (Wildman–Crippen LogP) is 3.57. The third-order valence-corrected chi connectivity index (χ3v) is 7.10. The molecule has 1 N–H and O–H groups in total. The fourth-order valence-corrected chi connectivity index (χ4v) is 5.27. The van der Waals surface area contributed by atoms with Crippen LogP contribution < -0.4 is 15.0 Å². The molecule has 10 heteroatoms. The fraction of sp³-hybridized carbons (Fsp3) is 0.385. The van der Waals surface area contributed by atoms with Crippen LogP contribution in [0.1, 0.15) is 24.2 Å². The number of piperazine rings is 1. The number of aromatic nitrogens is 5. The van der Waals surface area contributed by atoms with Gasteiger partial charge in [-0.25, -0.2) is 13.8 Å². The first-order valence-corrected chi connectivity index (χ1v) is 12.2. The van der Waals surface area contributed by atoms with E-state index in [4.69, 9.17) is 9.72 Å². The molecule has 0 saturated carbocycles. The van der Waals surface area contributed by atoms with Crippen LogP contribution in [0.15, 0.2) is 36.8 Å². The molecule has 3 aromatic heterocycles. The highest BCUT2D eigenvalue weighted by molar-refractivity contribution is 5.92. The molecular formula is C26H27F2N7O. The Labute approximate surface area is 207 Å². The third-order valence-electron chi connectivity index (χ3n) is 7.10. The molecule has 0 aliphatic carbocycles. The maximum atomic E-state index is 16.0. The van der Waals surface area contributed by atoms with Gasteiger partial charge in [0.1, 0.15) is 28.7 Å². The molecule has 0 radical (unpaired) electrons. The molecule has 4 aromatic rings. The van der Waals surface area contributed by atoms with E-state index in [0.717, 1.165) is 31.8 Å². The highest BCUT2D eigenvalue weighted by Gasteiger charge is 2.34. The summed E-state index contributed by atoms with van der Waals surface area (Å²) >= 11 is 0. The second kappa shape index (κ2) is 9.09. The van der Waals surface area contributed by atoms with Gasteiger partial charge in [-0.3, -0.25) is 4.98 Å². The van der Waals surface area contributed by atoms with E-state index in [0.29, 0.717) is 35.3 Å². The van der Waals surface area contributed by atoms with Gasteiger partial charge in [0.25, 0.3) is 0 Å². The van der Waals surface area contributed by atoms with Gasteiger partial charge in [0, 0.05) is 62.8 Å². The van der Waals surface area contributed by atoms with Crippen LogP contribution in [0, 0.1) is 18.6 Å². The second-order valence-electron chi connectivity index (χ2n) is 9.54. The van der Waals surface area contributed by atoms with E-state index in [1.165, 1.54) is 6.07 Å². The lowest BCUT2D eigenvalue weighted by Gasteiger charge is -2.34. The van der Waals surface area contributed by atoms with Gasteiger partial charge in [0.15, 0.2) is 5.82 Å². The molecule has 5 heterocycles. The number of anilines is 1. The number of aryl methyl sites for hydroxylation is 2. The number of pyridine rings is 1. The fourth-order valence-electron chi connectivity index (χ4n) is 5.27. The van der Waals surface area contributed by atoms with Crippen molar-refractivity contribution in [1.29, 1.82) is 0 Å². The minimum atomic E-state index is -0.684. The third kappa shape index (κ3) is 4.05. The molecule has 2 fully saturated rings. The minimum absolute atomic E-state index is 0.0675. The van der Waals surface area contributed by atoms with Gasteiger partial charge in [0.05, 0.1) is 12.0 Å². The van der Waals surface area contributed by atoms with Gasteiger partial charge in [-0.05, 0) is 31.4 Å². The lowest BCUT2D eigenvalue weighted by Crippen LogP contribution is -2.51. The van der Waals surface area contributed by atoms with Gasteiger partial charge in [-0.2, -0.15) is 9.97 Å². The van der Waals surface area contributed by atoms with E-state index < -0.39 is 11.6 Å². The zero-order valence-electron chi connectivity index (χ0n) is 20.2. The smallest absolute Gasteiger partial charge is 0.319 e. The summed E-state index contributed by atoms with van der Waals surface area (Å²) in [7, 11) is 1.92. The molecule has 2 saturated heterocycles. The number of nitrogens with one attached hydrogen (secondary N) is 1. The monoisotopic (exact) mass is 491 g/mol. The number of hydrogen-bond acceptors (Lipinski definition) is 7. The van der Waals surface area contributed by atoms with Crippen LogP contribution in [0.25, 0.3) is 22.2 Å². The Kier molecular flexibility index (Phi) is 5.75. The summed E-state index contributed by atoms with van der Waals surface area (Å²) in [5.41, 5.74) is 0.738. The zero-order valence-corrected chi connectivity index (χ0v) is 20.2. The van der Waals surface area contributed by atoms with Gasteiger partial charge in [0.2, 0.25) is 0 Å². The lowest BCUT2D eigenvalue weighted by molar-refractivity contribution is 0.293. The van der Waals surface area contributed by atoms with Crippen LogP contribution in [-0.4, -0.2) is 56.3 Å². The van der Waals surface area contributed by atoms with Crippen molar-refractivity contribution >= 4 is 16.7 Å². The number of imidazole rings is 1. The Morgan fingerprint density at radius 3 is 2.64 bits per heavy atom. The Hall–Kier alpha value is -3.66. The first-order valence-electron chi connectivity index (χ1n) is 12.2. The van der Waals surface area contributed by atoms with Crippen molar-refractivity contribution < 1.29 is 13.5 Å². The van der Waals surface area contributed by atoms with Crippen molar-refractivity contribution in [1.82, 2.24) is 29.8 Å². The maximum Gasteiger partial charge on any atom is 0.319 e. The highest BCUT2D eigenvalue weighted by Crippen LogP contribution is 2.35. The van der Waals surface area contributed by atoms with E-state index in [2.05, 4.69) is 25.2 Å². The second-order valence-corrected chi connectivity index (χ2v) is 9.54. The van der Waals surface area contributed by atoms with Crippen LogP contribution in [0.3, 0.4) is 0 Å². The van der Waals surface area contributed by atoms with E-state index >= 15 is 4.39 Å². The van der Waals surface area contributed by atoms with E-state index in [1.807, 2.05) is 17.8 Å². The molecule has 2 aliphatic rings. The van der Waals surface area contributed by atoms with Gasteiger partial charge in [-0.15, -0.1) is 0 Å². The number of hydrogen-bond donors (Lipinski definition) is 1. The summed E-state index contributed by atoms with van der Waals surface area (Å²) in [5.74, 6) is 0.243. The molecule has 186 valence electrons. The van der Waals surface area contributed by atoms with E-state index in [-0.39, 0.29) is 29.4 Å². The van der Waals surface area contributed by atoms with E-state index in [1.54, 1.807) is 31.5 Å². The highest BCUT2D eigenvalue weighted by atomic mass is 19.1. The Balaban J connectivity index is 1.42. The largest absolute Gasteiger partial charge is 0.463 e. The van der Waals surface area contributed by atoms with Gasteiger partial charge >= 0.3 is 6.01 Å². The quantitative estimate of drug-likeness (QED) is 0.442. The summed E-state index contributed by atoms with van der Waals surface area (Å²) in [5, 5.41) is 4.09. The summed E-state index contributed by atoms with van der Waals surface area (Å²) < 4.78 is 38.5. The Morgan fingerprint density at radius 2 is 1.92 bits per heavy atom. The van der Waals surface area contributed by atoms with Crippen molar-refractivity contribution in [2.24, 2.45) is 7.05 Å². The van der Waals surface area contributed by atoms with Crippen LogP contribution in [0.4, 0.5) is 14.6 Å². The van der Waals surface area contributed by atoms with Crippen molar-refractivity contribution in [2.75, 3.05) is 24.6 Å². The molecule has 2 atom stereocenters. The molecule has 2 aliphatic heterocycles. The molecule has 2 bridgehead atoms. The number of fused-ring (bicyclic) bond motifs is 3. The number of rotatable bonds is 6. The van der Waals surface area contributed by atoms with Crippen molar-refractivity contribution in [3.8, 4) is 17.3 Å². The number of benzene rings is 1. The normalized spacial score (nSPS) is 19.3.